The molecule has 1 aliphatic heterocycles. The van der Waals surface area contributed by atoms with E-state index >= 15 is 0 Å². The van der Waals surface area contributed by atoms with Crippen molar-refractivity contribution in [1.29, 1.82) is 0 Å². The summed E-state index contributed by atoms with van der Waals surface area (Å²) in [4.78, 5) is 15.5. The Morgan fingerprint density at radius 3 is 2.58 bits per heavy atom. The molecule has 1 aromatic carbocycles. The number of anilines is 1. The molecule has 0 saturated heterocycles. The van der Waals surface area contributed by atoms with Gasteiger partial charge in [-0.2, -0.15) is 5.10 Å². The van der Waals surface area contributed by atoms with Gasteiger partial charge in [-0.3, -0.25) is 4.68 Å². The molecule has 9 heteroatoms. The summed E-state index contributed by atoms with van der Waals surface area (Å²) in [6.07, 6.45) is 1.77. The Morgan fingerprint density at radius 2 is 2.00 bits per heavy atom. The minimum atomic E-state index is -0.631. The predicted molar refractivity (Wildman–Crippen MR) is 118 cm³/mol. The molecule has 1 aromatic heterocycles. The first kappa shape index (κ1) is 26.9. The topological polar surface area (TPSA) is 82.9 Å². The third-order valence-corrected chi connectivity index (χ3v) is 4.70. The molecule has 2 heterocycles. The number of amides is 2. The number of hydrogen-bond donors (Lipinski definition) is 2. The number of para-hydroxylation sites is 2. The van der Waals surface area contributed by atoms with Gasteiger partial charge >= 0.3 is 24.9 Å². The van der Waals surface area contributed by atoms with Crippen LogP contribution in [0.1, 0.15) is 17.7 Å². The fraction of sp³-hybridized carbons (Fsp3) is 0.409. The van der Waals surface area contributed by atoms with E-state index in [1.54, 1.807) is 16.7 Å². The summed E-state index contributed by atoms with van der Waals surface area (Å²) in [6.45, 7) is 14.1. The van der Waals surface area contributed by atoms with Crippen LogP contribution in [0.2, 0.25) is 0 Å². The van der Waals surface area contributed by atoms with Gasteiger partial charge in [-0.25, -0.2) is 4.79 Å². The van der Waals surface area contributed by atoms with Gasteiger partial charge in [0.05, 0.1) is 31.6 Å². The monoisotopic (exact) mass is 421 g/mol. The van der Waals surface area contributed by atoms with E-state index in [1.165, 1.54) is 0 Å². The summed E-state index contributed by atoms with van der Waals surface area (Å²) in [5, 5.41) is 16.0. The van der Waals surface area contributed by atoms with E-state index in [0.717, 1.165) is 22.7 Å². The van der Waals surface area contributed by atoms with Crippen LogP contribution in [0.15, 0.2) is 30.5 Å². The molecule has 0 radical (unpaired) electrons. The second-order valence-electron chi connectivity index (χ2n) is 6.96. The van der Waals surface area contributed by atoms with Crippen LogP contribution in [0.5, 0.6) is 5.75 Å². The largest absolute Gasteiger partial charge is 1.00 e. The maximum Gasteiger partial charge on any atom is 1.00 e. The zero-order valence-electron chi connectivity index (χ0n) is 18.9. The zero-order valence-corrected chi connectivity index (χ0v) is 18.9. The summed E-state index contributed by atoms with van der Waals surface area (Å²) in [7, 11) is 3.54. The second kappa shape index (κ2) is 13.3. The fourth-order valence-electron chi connectivity index (χ4n) is 3.14. The van der Waals surface area contributed by atoms with Crippen molar-refractivity contribution in [2.24, 2.45) is 7.05 Å². The van der Waals surface area contributed by atoms with Crippen LogP contribution in [-0.4, -0.2) is 58.7 Å². The number of carbonyl (C=O) groups is 1. The van der Waals surface area contributed by atoms with Crippen LogP contribution in [-0.2, 0) is 20.1 Å². The van der Waals surface area contributed by atoms with E-state index in [-0.39, 0.29) is 24.9 Å². The summed E-state index contributed by atoms with van der Waals surface area (Å²) in [5.74, 6) is 0.870. The molecule has 2 N–H and O–H groups in total. The van der Waals surface area contributed by atoms with Gasteiger partial charge in [0.25, 0.3) is 0 Å². The molecule has 0 spiro atoms. The Balaban J connectivity index is 0.000000311. The van der Waals surface area contributed by atoms with Crippen molar-refractivity contribution in [3.8, 4) is 5.75 Å². The van der Waals surface area contributed by atoms with Gasteiger partial charge < -0.3 is 45.7 Å². The predicted octanol–water partition coefficient (Wildman–Crippen LogP) is -0.796. The van der Waals surface area contributed by atoms with Crippen LogP contribution in [0.4, 0.5) is 10.5 Å². The molecule has 0 saturated carbocycles. The number of aliphatic hydroxyl groups excluding tert-OH is 1. The molecule has 8 nitrogen and oxygen atoms in total. The Labute approximate surface area is 197 Å². The molecule has 0 unspecified atom stereocenters. The van der Waals surface area contributed by atoms with Crippen LogP contribution in [0.25, 0.3) is 0 Å². The van der Waals surface area contributed by atoms with Gasteiger partial charge in [-0.15, -0.1) is 13.1 Å². The summed E-state index contributed by atoms with van der Waals surface area (Å²) >= 11 is 0. The van der Waals surface area contributed by atoms with Gasteiger partial charge in [0.1, 0.15) is 5.75 Å². The smallest absolute Gasteiger partial charge is 0.495 e. The van der Waals surface area contributed by atoms with Crippen molar-refractivity contribution in [3.05, 3.63) is 62.5 Å². The number of rotatable bonds is 7. The molecule has 31 heavy (non-hydrogen) atoms. The molecule has 1 atom stereocenters. The summed E-state index contributed by atoms with van der Waals surface area (Å²) < 4.78 is 7.00. The molecule has 0 fully saturated rings. The quantitative estimate of drug-likeness (QED) is 0.452. The summed E-state index contributed by atoms with van der Waals surface area (Å²) in [6, 6.07) is 7.76. The maximum absolute atomic E-state index is 11.8. The van der Waals surface area contributed by atoms with Crippen molar-refractivity contribution in [2.75, 3.05) is 31.6 Å². The SMILES string of the molecule is [CH2-]CN(C[CH2-])c1ccccc1OC.[CH2-][C@H](O)CCNC(=O)N1Cc2cn(C)nc2C1.[Li+]. The molecule has 3 rings (SSSR count). The normalized spacial score (nSPS) is 12.8. The second-order valence-corrected chi connectivity index (χ2v) is 6.96. The van der Waals surface area contributed by atoms with Gasteiger partial charge in [0.15, 0.2) is 0 Å². The van der Waals surface area contributed by atoms with Gasteiger partial charge in [-0.05, 0) is 18.6 Å². The molecule has 0 bridgehead atoms. The number of benzene rings is 1. The average Bonchev–Trinajstić information content (AvgIpc) is 3.27. The molecule has 2 aromatic rings. The molecular weight excluding hydrogens is 389 g/mol. The molecule has 2 amide bonds. The van der Waals surface area contributed by atoms with Crippen LogP contribution >= 0.6 is 0 Å². The molecule has 166 valence electrons. The average molecular weight is 421 g/mol. The number of nitrogens with zero attached hydrogens (tertiary/aromatic N) is 4. The van der Waals surface area contributed by atoms with Crippen LogP contribution in [0, 0.1) is 20.8 Å². The molecule has 1 aliphatic rings. The Hall–Kier alpha value is -2.14. The van der Waals surface area contributed by atoms with E-state index < -0.39 is 6.10 Å². The minimum absolute atomic E-state index is 0. The number of ether oxygens (including phenoxy) is 1. The number of carbonyl (C=O) groups excluding carboxylic acids is 1. The van der Waals surface area contributed by atoms with E-state index in [0.29, 0.717) is 39.1 Å². The van der Waals surface area contributed by atoms with E-state index in [9.17, 15) is 4.79 Å². The molecular formula is C22H32LiN5O3-2. The first-order chi connectivity index (χ1) is 14.4. The first-order valence-corrected chi connectivity index (χ1v) is 9.91. The minimum Gasteiger partial charge on any atom is -0.495 e. The Morgan fingerprint density at radius 1 is 1.32 bits per heavy atom. The Bertz CT molecular complexity index is 785. The number of methoxy groups -OCH3 is 1. The third-order valence-electron chi connectivity index (χ3n) is 4.70. The molecule has 0 aliphatic carbocycles. The van der Waals surface area contributed by atoms with Crippen molar-refractivity contribution in [2.45, 2.75) is 25.6 Å². The maximum atomic E-state index is 11.8. The van der Waals surface area contributed by atoms with E-state index in [4.69, 9.17) is 9.84 Å². The van der Waals surface area contributed by atoms with Gasteiger partial charge in [0.2, 0.25) is 0 Å². The number of aliphatic hydroxyl groups is 1. The van der Waals surface area contributed by atoms with E-state index in [2.05, 4.69) is 36.1 Å². The first-order valence-electron chi connectivity index (χ1n) is 9.91. The fourth-order valence-corrected chi connectivity index (χ4v) is 3.14. The Kier molecular flexibility index (Phi) is 11.5. The van der Waals surface area contributed by atoms with Crippen LogP contribution in [0.3, 0.4) is 0 Å². The van der Waals surface area contributed by atoms with Crippen molar-refractivity contribution in [3.63, 3.8) is 0 Å². The number of fused-ring (bicyclic) bond motifs is 1. The van der Waals surface area contributed by atoms with Crippen molar-refractivity contribution < 1.29 is 33.5 Å². The number of urea groups is 1. The number of aromatic nitrogens is 2. The standard InChI is InChI=1S/C11H17N4O2.C11H15NO.Li/c1-8(16)3-4-12-11(17)15-6-9-5-14(2)13-10(9)7-15;1-4-12(5-2)10-8-6-7-9-11(10)13-3;/h5,8,16H,1,3-4,6-7H2,2H3,(H,12,17);6-9H,1-2,4-5H2,3H3;/q-1;-2;+1/t8-;;/m0../s1. The number of hydrogen-bond acceptors (Lipinski definition) is 5. The van der Waals surface area contributed by atoms with Crippen molar-refractivity contribution in [1.82, 2.24) is 20.0 Å². The van der Waals surface area contributed by atoms with E-state index in [1.807, 2.05) is 37.5 Å². The third kappa shape index (κ3) is 7.80. The van der Waals surface area contributed by atoms with Crippen LogP contribution < -0.4 is 33.8 Å². The van der Waals surface area contributed by atoms with Gasteiger partial charge in [-0.1, -0.05) is 18.2 Å². The zero-order chi connectivity index (χ0) is 22.1. The van der Waals surface area contributed by atoms with Crippen molar-refractivity contribution >= 4 is 11.7 Å². The number of aryl methyl sites for hydroxylation is 1. The summed E-state index contributed by atoms with van der Waals surface area (Å²) in [5.41, 5.74) is 3.11. The number of nitrogens with one attached hydrogen (secondary N) is 1. The van der Waals surface area contributed by atoms with Gasteiger partial charge in [0, 0.05) is 25.4 Å².